The average molecular weight is 310 g/mol. The largest absolute Gasteiger partial charge is 0.339 e. The number of benzene rings is 1. The van der Waals surface area contributed by atoms with Crippen LogP contribution in [-0.4, -0.2) is 14.4 Å². The van der Waals surface area contributed by atoms with Gasteiger partial charge in [-0.05, 0) is 41.8 Å². The lowest BCUT2D eigenvalue weighted by molar-refractivity contribution is 0.628. The summed E-state index contributed by atoms with van der Waals surface area (Å²) in [5.74, 6) is 1.17. The van der Waals surface area contributed by atoms with Gasteiger partial charge in [-0.1, -0.05) is 0 Å². The Bertz CT molecular complexity index is 913. The van der Waals surface area contributed by atoms with E-state index in [0.717, 1.165) is 22.8 Å². The average Bonchev–Trinajstić information content (AvgIpc) is 3.18. The van der Waals surface area contributed by atoms with Crippen LogP contribution in [0, 0.1) is 5.82 Å². The van der Waals surface area contributed by atoms with E-state index in [4.69, 9.17) is 0 Å². The van der Waals surface area contributed by atoms with Crippen LogP contribution in [0.4, 0.5) is 15.9 Å². The van der Waals surface area contributed by atoms with Gasteiger partial charge in [0.25, 0.3) is 0 Å². The summed E-state index contributed by atoms with van der Waals surface area (Å²) in [5.41, 5.74) is 2.65. The number of nitrogens with one attached hydrogen (secondary N) is 1. The van der Waals surface area contributed by atoms with Crippen molar-refractivity contribution in [3.8, 4) is 11.3 Å². The normalized spacial score (nSPS) is 11.0. The number of thiophene rings is 1. The number of nitrogens with zero attached hydrogens (tertiary/aromatic N) is 3. The number of hydrogen-bond acceptors (Lipinski definition) is 4. The molecule has 4 rings (SSSR count). The Balaban J connectivity index is 1.87. The third kappa shape index (κ3) is 2.23. The molecular formula is C16H11FN4S. The Morgan fingerprint density at radius 1 is 1.14 bits per heavy atom. The Kier molecular flexibility index (Phi) is 3.08. The zero-order valence-corrected chi connectivity index (χ0v) is 12.2. The van der Waals surface area contributed by atoms with E-state index in [2.05, 4.69) is 15.3 Å². The molecular weight excluding hydrogens is 299 g/mol. The highest BCUT2D eigenvalue weighted by molar-refractivity contribution is 7.08. The van der Waals surface area contributed by atoms with Crippen LogP contribution in [-0.2, 0) is 0 Å². The van der Waals surface area contributed by atoms with E-state index in [0.29, 0.717) is 5.78 Å². The molecule has 0 fully saturated rings. The number of halogens is 1. The summed E-state index contributed by atoms with van der Waals surface area (Å²) >= 11 is 1.61. The Morgan fingerprint density at radius 3 is 2.77 bits per heavy atom. The van der Waals surface area contributed by atoms with Crippen LogP contribution in [0.15, 0.2) is 59.6 Å². The molecule has 0 aliphatic carbocycles. The SMILES string of the molecule is Fc1ccc(Nc2c(-c3ccsc3)nc3ncccn23)cc1. The Hall–Kier alpha value is -2.73. The van der Waals surface area contributed by atoms with Crippen molar-refractivity contribution in [3.05, 3.63) is 65.4 Å². The highest BCUT2D eigenvalue weighted by Gasteiger charge is 2.15. The van der Waals surface area contributed by atoms with Gasteiger partial charge in [-0.15, -0.1) is 0 Å². The molecule has 0 amide bonds. The van der Waals surface area contributed by atoms with Crippen LogP contribution in [0.5, 0.6) is 0 Å². The molecule has 1 aromatic carbocycles. The van der Waals surface area contributed by atoms with E-state index in [1.165, 1.54) is 12.1 Å². The van der Waals surface area contributed by atoms with Gasteiger partial charge in [0.15, 0.2) is 0 Å². The van der Waals surface area contributed by atoms with Gasteiger partial charge in [0.1, 0.15) is 17.3 Å². The fraction of sp³-hybridized carbons (Fsp3) is 0. The minimum absolute atomic E-state index is 0.261. The summed E-state index contributed by atoms with van der Waals surface area (Å²) in [4.78, 5) is 8.87. The summed E-state index contributed by atoms with van der Waals surface area (Å²) < 4.78 is 15.0. The van der Waals surface area contributed by atoms with Crippen LogP contribution in [0.25, 0.3) is 17.0 Å². The smallest absolute Gasteiger partial charge is 0.235 e. The molecule has 0 aliphatic heterocycles. The van der Waals surface area contributed by atoms with Gasteiger partial charge in [-0.3, -0.25) is 4.40 Å². The number of aromatic nitrogens is 3. The molecule has 3 heterocycles. The second kappa shape index (κ2) is 5.23. The zero-order chi connectivity index (χ0) is 14.9. The lowest BCUT2D eigenvalue weighted by atomic mass is 10.2. The standard InChI is InChI=1S/C16H11FN4S/c17-12-2-4-13(5-3-12)19-15-14(11-6-9-22-10-11)20-16-18-7-1-8-21(15)16/h1-10,19H. The molecule has 0 bridgehead atoms. The number of imidazole rings is 1. The zero-order valence-electron chi connectivity index (χ0n) is 11.4. The first-order chi connectivity index (χ1) is 10.8. The van der Waals surface area contributed by atoms with Gasteiger partial charge in [0.2, 0.25) is 5.78 Å². The fourth-order valence-corrected chi connectivity index (χ4v) is 2.92. The molecule has 4 nitrogen and oxygen atoms in total. The molecule has 1 N–H and O–H groups in total. The summed E-state index contributed by atoms with van der Waals surface area (Å²) in [6, 6.07) is 10.1. The first kappa shape index (κ1) is 13.0. The van der Waals surface area contributed by atoms with Crippen LogP contribution in [0.1, 0.15) is 0 Å². The molecule has 22 heavy (non-hydrogen) atoms. The molecule has 6 heteroatoms. The first-order valence-corrected chi connectivity index (χ1v) is 7.64. The quantitative estimate of drug-likeness (QED) is 0.612. The summed E-state index contributed by atoms with van der Waals surface area (Å²) in [5, 5.41) is 7.36. The highest BCUT2D eigenvalue weighted by atomic mass is 32.1. The topological polar surface area (TPSA) is 42.2 Å². The van der Waals surface area contributed by atoms with E-state index < -0.39 is 0 Å². The van der Waals surface area contributed by atoms with Gasteiger partial charge in [-0.25, -0.2) is 14.4 Å². The van der Waals surface area contributed by atoms with Gasteiger partial charge in [-0.2, -0.15) is 11.3 Å². The van der Waals surface area contributed by atoms with E-state index in [9.17, 15) is 4.39 Å². The number of rotatable bonds is 3. The van der Waals surface area contributed by atoms with E-state index in [-0.39, 0.29) is 5.82 Å². The van der Waals surface area contributed by atoms with Crippen LogP contribution in [0.3, 0.4) is 0 Å². The van der Waals surface area contributed by atoms with E-state index in [1.54, 1.807) is 29.7 Å². The van der Waals surface area contributed by atoms with Crippen molar-refractivity contribution in [2.45, 2.75) is 0 Å². The van der Waals surface area contributed by atoms with Crippen LogP contribution >= 0.6 is 11.3 Å². The second-order valence-corrected chi connectivity index (χ2v) is 5.52. The molecule has 3 aromatic heterocycles. The van der Waals surface area contributed by atoms with Crippen LogP contribution in [0.2, 0.25) is 0 Å². The van der Waals surface area contributed by atoms with Gasteiger partial charge >= 0.3 is 0 Å². The third-order valence-corrected chi connectivity index (χ3v) is 3.99. The molecule has 0 aliphatic rings. The minimum Gasteiger partial charge on any atom is -0.339 e. The van der Waals surface area contributed by atoms with Crippen molar-refractivity contribution in [1.82, 2.24) is 14.4 Å². The van der Waals surface area contributed by atoms with Crippen molar-refractivity contribution >= 4 is 28.6 Å². The third-order valence-electron chi connectivity index (χ3n) is 3.31. The summed E-state index contributed by atoms with van der Waals surface area (Å²) in [7, 11) is 0. The summed E-state index contributed by atoms with van der Waals surface area (Å²) in [6.07, 6.45) is 3.61. The molecule has 0 radical (unpaired) electrons. The highest BCUT2D eigenvalue weighted by Crippen LogP contribution is 2.31. The molecule has 0 atom stereocenters. The predicted octanol–water partition coefficient (Wildman–Crippen LogP) is 4.34. The monoisotopic (exact) mass is 310 g/mol. The predicted molar refractivity (Wildman–Crippen MR) is 86.0 cm³/mol. The van der Waals surface area contributed by atoms with Crippen molar-refractivity contribution in [3.63, 3.8) is 0 Å². The maximum absolute atomic E-state index is 13.1. The van der Waals surface area contributed by atoms with Crippen molar-refractivity contribution in [2.24, 2.45) is 0 Å². The molecule has 0 unspecified atom stereocenters. The lowest BCUT2D eigenvalue weighted by Crippen LogP contribution is -1.97. The molecule has 0 saturated carbocycles. The fourth-order valence-electron chi connectivity index (χ4n) is 2.28. The number of anilines is 2. The maximum Gasteiger partial charge on any atom is 0.235 e. The Labute approximate surface area is 129 Å². The minimum atomic E-state index is -0.261. The van der Waals surface area contributed by atoms with Crippen molar-refractivity contribution in [1.29, 1.82) is 0 Å². The molecule has 0 saturated heterocycles. The van der Waals surface area contributed by atoms with E-state index >= 15 is 0 Å². The number of fused-ring (bicyclic) bond motifs is 1. The molecule has 4 aromatic rings. The van der Waals surface area contributed by atoms with Crippen molar-refractivity contribution < 1.29 is 4.39 Å². The molecule has 0 spiro atoms. The van der Waals surface area contributed by atoms with Crippen molar-refractivity contribution in [2.75, 3.05) is 5.32 Å². The van der Waals surface area contributed by atoms with E-state index in [1.807, 2.05) is 33.5 Å². The summed E-state index contributed by atoms with van der Waals surface area (Å²) in [6.45, 7) is 0. The van der Waals surface area contributed by atoms with Gasteiger partial charge in [0.05, 0.1) is 0 Å². The Morgan fingerprint density at radius 2 is 2.00 bits per heavy atom. The van der Waals surface area contributed by atoms with Crippen LogP contribution < -0.4 is 5.32 Å². The maximum atomic E-state index is 13.1. The van der Waals surface area contributed by atoms with Gasteiger partial charge in [0, 0.05) is 29.0 Å². The lowest BCUT2D eigenvalue weighted by Gasteiger charge is -2.07. The first-order valence-electron chi connectivity index (χ1n) is 6.69. The van der Waals surface area contributed by atoms with Gasteiger partial charge < -0.3 is 5.32 Å². The number of hydrogen-bond donors (Lipinski definition) is 1. The molecule has 108 valence electrons. The second-order valence-electron chi connectivity index (χ2n) is 4.74.